The van der Waals surface area contributed by atoms with Crippen molar-refractivity contribution >= 4 is 17.7 Å². The SMILES string of the molecule is CN(C)c1ccc(/C=N\Nc2cc(=O)[nH]c(=O)[nH]2)cc1. The van der Waals surface area contributed by atoms with Crippen molar-refractivity contribution in [2.24, 2.45) is 5.10 Å². The minimum atomic E-state index is -0.578. The molecule has 0 aliphatic carbocycles. The van der Waals surface area contributed by atoms with Crippen molar-refractivity contribution in [2.45, 2.75) is 0 Å². The summed E-state index contributed by atoms with van der Waals surface area (Å²) in [6.45, 7) is 0. The van der Waals surface area contributed by atoms with Gasteiger partial charge in [0, 0.05) is 25.8 Å². The van der Waals surface area contributed by atoms with E-state index in [1.807, 2.05) is 43.3 Å². The predicted octanol–water partition coefficient (Wildman–Crippen LogP) is 0.575. The van der Waals surface area contributed by atoms with E-state index in [9.17, 15) is 9.59 Å². The van der Waals surface area contributed by atoms with Gasteiger partial charge in [-0.3, -0.25) is 20.2 Å². The van der Waals surface area contributed by atoms with Gasteiger partial charge in [-0.05, 0) is 17.7 Å². The molecule has 0 bridgehead atoms. The molecule has 7 nitrogen and oxygen atoms in total. The van der Waals surface area contributed by atoms with Gasteiger partial charge in [-0.2, -0.15) is 5.10 Å². The lowest BCUT2D eigenvalue weighted by molar-refractivity contribution is 1.03. The molecule has 104 valence electrons. The summed E-state index contributed by atoms with van der Waals surface area (Å²) in [5, 5.41) is 3.96. The summed E-state index contributed by atoms with van der Waals surface area (Å²) in [5.41, 5.74) is 3.52. The second-order valence-electron chi connectivity index (χ2n) is 4.36. The fourth-order valence-corrected chi connectivity index (χ4v) is 1.56. The molecular formula is C13H15N5O2. The molecule has 2 rings (SSSR count). The average Bonchev–Trinajstić information content (AvgIpc) is 2.38. The van der Waals surface area contributed by atoms with Gasteiger partial charge in [0.15, 0.2) is 0 Å². The second-order valence-corrected chi connectivity index (χ2v) is 4.36. The van der Waals surface area contributed by atoms with Crippen molar-refractivity contribution < 1.29 is 0 Å². The molecule has 3 N–H and O–H groups in total. The van der Waals surface area contributed by atoms with Crippen LogP contribution in [0.1, 0.15) is 5.56 Å². The summed E-state index contributed by atoms with van der Waals surface area (Å²) in [4.78, 5) is 28.6. The Morgan fingerprint density at radius 3 is 2.45 bits per heavy atom. The predicted molar refractivity (Wildman–Crippen MR) is 79.7 cm³/mol. The highest BCUT2D eigenvalue weighted by Gasteiger charge is 1.95. The van der Waals surface area contributed by atoms with E-state index < -0.39 is 11.2 Å². The first-order valence-corrected chi connectivity index (χ1v) is 5.95. The molecule has 1 aromatic carbocycles. The maximum atomic E-state index is 11.1. The van der Waals surface area contributed by atoms with Gasteiger partial charge in [0.05, 0.1) is 6.21 Å². The Kier molecular flexibility index (Phi) is 3.99. The van der Waals surface area contributed by atoms with Crippen LogP contribution in [-0.2, 0) is 0 Å². The van der Waals surface area contributed by atoms with E-state index in [2.05, 4.69) is 20.5 Å². The number of nitrogens with one attached hydrogen (secondary N) is 3. The van der Waals surface area contributed by atoms with E-state index in [1.165, 1.54) is 6.07 Å². The Hall–Kier alpha value is -2.83. The van der Waals surface area contributed by atoms with E-state index >= 15 is 0 Å². The van der Waals surface area contributed by atoms with Gasteiger partial charge < -0.3 is 4.90 Å². The van der Waals surface area contributed by atoms with Crippen LogP contribution in [0.25, 0.3) is 0 Å². The van der Waals surface area contributed by atoms with Crippen LogP contribution < -0.4 is 21.6 Å². The van der Waals surface area contributed by atoms with Crippen molar-refractivity contribution in [3.05, 3.63) is 56.7 Å². The minimum Gasteiger partial charge on any atom is -0.378 e. The number of benzene rings is 1. The third-order valence-electron chi connectivity index (χ3n) is 2.57. The molecule has 0 saturated carbocycles. The summed E-state index contributed by atoms with van der Waals surface area (Å²) < 4.78 is 0. The lowest BCUT2D eigenvalue weighted by Crippen LogP contribution is -2.22. The van der Waals surface area contributed by atoms with E-state index in [0.717, 1.165) is 11.3 Å². The maximum absolute atomic E-state index is 11.1. The van der Waals surface area contributed by atoms with Crippen molar-refractivity contribution in [3.8, 4) is 0 Å². The van der Waals surface area contributed by atoms with Gasteiger partial charge in [0.1, 0.15) is 5.82 Å². The normalized spacial score (nSPS) is 10.7. The fraction of sp³-hybridized carbons (Fsp3) is 0.154. The van der Waals surface area contributed by atoms with Crippen LogP contribution >= 0.6 is 0 Å². The van der Waals surface area contributed by atoms with E-state index in [-0.39, 0.29) is 5.82 Å². The maximum Gasteiger partial charge on any atom is 0.327 e. The van der Waals surface area contributed by atoms with Gasteiger partial charge >= 0.3 is 5.69 Å². The third kappa shape index (κ3) is 3.58. The Morgan fingerprint density at radius 1 is 1.15 bits per heavy atom. The molecule has 2 aromatic rings. The molecule has 1 heterocycles. The van der Waals surface area contributed by atoms with Crippen molar-refractivity contribution in [2.75, 3.05) is 24.4 Å². The first-order valence-electron chi connectivity index (χ1n) is 5.95. The fourth-order valence-electron chi connectivity index (χ4n) is 1.56. The van der Waals surface area contributed by atoms with Gasteiger partial charge in [-0.25, -0.2) is 4.79 Å². The van der Waals surface area contributed by atoms with Crippen molar-refractivity contribution in [1.29, 1.82) is 0 Å². The van der Waals surface area contributed by atoms with Crippen molar-refractivity contribution in [3.63, 3.8) is 0 Å². The number of hydrogen-bond acceptors (Lipinski definition) is 5. The van der Waals surface area contributed by atoms with Gasteiger partial charge in [0.2, 0.25) is 0 Å². The van der Waals surface area contributed by atoms with Crippen LogP contribution in [0.4, 0.5) is 11.5 Å². The number of anilines is 2. The number of aromatic nitrogens is 2. The number of aromatic amines is 2. The smallest absolute Gasteiger partial charge is 0.327 e. The molecule has 0 unspecified atom stereocenters. The van der Waals surface area contributed by atoms with E-state index in [1.54, 1.807) is 6.21 Å². The molecule has 0 saturated heterocycles. The van der Waals surface area contributed by atoms with Crippen LogP contribution in [0.2, 0.25) is 0 Å². The Bertz CT molecular complexity index is 684. The topological polar surface area (TPSA) is 93.3 Å². The molecule has 20 heavy (non-hydrogen) atoms. The second kappa shape index (κ2) is 5.87. The molecule has 0 aliphatic rings. The molecule has 1 aromatic heterocycles. The monoisotopic (exact) mass is 273 g/mol. The molecule has 0 spiro atoms. The standard InChI is InChI=1S/C13H15N5O2/c1-18(2)10-5-3-9(4-6-10)8-14-17-11-7-12(19)16-13(20)15-11/h3-8H,1-2H3,(H3,15,16,17,19,20)/b14-8-. The van der Waals surface area contributed by atoms with Crippen LogP contribution in [0, 0.1) is 0 Å². The largest absolute Gasteiger partial charge is 0.378 e. The zero-order valence-corrected chi connectivity index (χ0v) is 11.2. The zero-order valence-electron chi connectivity index (χ0n) is 11.2. The van der Waals surface area contributed by atoms with Gasteiger partial charge in [-0.15, -0.1) is 0 Å². The zero-order chi connectivity index (χ0) is 14.5. The molecular weight excluding hydrogens is 258 g/mol. The average molecular weight is 273 g/mol. The highest BCUT2D eigenvalue weighted by atomic mass is 16.2. The molecule has 0 radical (unpaired) electrons. The summed E-state index contributed by atoms with van der Waals surface area (Å²) in [5.74, 6) is 0.236. The summed E-state index contributed by atoms with van der Waals surface area (Å²) >= 11 is 0. The number of nitrogens with zero attached hydrogens (tertiary/aromatic N) is 2. The molecule has 7 heteroatoms. The number of H-pyrrole nitrogens is 2. The summed E-state index contributed by atoms with van der Waals surface area (Å²) in [7, 11) is 3.93. The lowest BCUT2D eigenvalue weighted by Gasteiger charge is -2.11. The number of hydrogen-bond donors (Lipinski definition) is 3. The number of hydrazone groups is 1. The highest BCUT2D eigenvalue weighted by Crippen LogP contribution is 2.10. The van der Waals surface area contributed by atoms with E-state index in [0.29, 0.717) is 0 Å². The number of rotatable bonds is 4. The van der Waals surface area contributed by atoms with Gasteiger partial charge in [0.25, 0.3) is 5.56 Å². The quantitative estimate of drug-likeness (QED) is 0.561. The van der Waals surface area contributed by atoms with E-state index in [4.69, 9.17) is 0 Å². The lowest BCUT2D eigenvalue weighted by atomic mass is 10.2. The first kappa shape index (κ1) is 13.6. The minimum absolute atomic E-state index is 0.236. The first-order chi connectivity index (χ1) is 9.54. The van der Waals surface area contributed by atoms with Crippen LogP contribution in [0.5, 0.6) is 0 Å². The molecule has 0 fully saturated rings. The molecule has 0 aliphatic heterocycles. The Morgan fingerprint density at radius 2 is 1.85 bits per heavy atom. The van der Waals surface area contributed by atoms with Gasteiger partial charge in [-0.1, -0.05) is 12.1 Å². The van der Waals surface area contributed by atoms with Crippen LogP contribution in [0.15, 0.2) is 45.0 Å². The van der Waals surface area contributed by atoms with Crippen LogP contribution in [0.3, 0.4) is 0 Å². The highest BCUT2D eigenvalue weighted by molar-refractivity contribution is 5.80. The molecule has 0 atom stereocenters. The molecule has 0 amide bonds. The summed E-state index contributed by atoms with van der Waals surface area (Å²) in [6, 6.07) is 8.99. The Balaban J connectivity index is 2.06. The Labute approximate surface area is 115 Å². The van der Waals surface area contributed by atoms with Crippen LogP contribution in [-0.4, -0.2) is 30.3 Å². The summed E-state index contributed by atoms with van der Waals surface area (Å²) in [6.07, 6.45) is 1.60. The third-order valence-corrected chi connectivity index (χ3v) is 2.57. The van der Waals surface area contributed by atoms with Crippen molar-refractivity contribution in [1.82, 2.24) is 9.97 Å².